The van der Waals surface area contributed by atoms with Crippen molar-refractivity contribution in [2.24, 2.45) is 0 Å². The van der Waals surface area contributed by atoms with Crippen molar-refractivity contribution in [2.75, 3.05) is 0 Å². The predicted octanol–water partition coefficient (Wildman–Crippen LogP) is 14.9. The van der Waals surface area contributed by atoms with Crippen LogP contribution >= 0.6 is 0 Å². The zero-order valence-electron chi connectivity index (χ0n) is 40.9. The third-order valence-electron chi connectivity index (χ3n) is 11.3. The summed E-state index contributed by atoms with van der Waals surface area (Å²) in [4.78, 5) is 15.2. The van der Waals surface area contributed by atoms with Gasteiger partial charge in [-0.2, -0.15) is 0 Å². The molecule has 3 aromatic heterocycles. The Morgan fingerprint density at radius 3 is 1.34 bits per heavy atom. The number of nitrogens with zero attached hydrogens (tertiary/aromatic N) is 4. The molecule has 12 aromatic rings. The third-order valence-corrected chi connectivity index (χ3v) is 11.3. The Morgan fingerprint density at radius 1 is 0.355 bits per heavy atom. The maximum Gasteiger partial charge on any atom is 0.166 e. The van der Waals surface area contributed by atoms with E-state index in [0.717, 1.165) is 55.3 Å². The van der Waals surface area contributed by atoms with E-state index in [-0.39, 0.29) is 27.6 Å². The molecule has 0 saturated carbocycles. The largest absolute Gasteiger partial charge is 0.456 e. The highest BCUT2D eigenvalue weighted by molar-refractivity contribution is 6.10. The minimum atomic E-state index is -0.526. The van der Waals surface area contributed by atoms with Crippen molar-refractivity contribution in [1.29, 1.82) is 0 Å². The summed E-state index contributed by atoms with van der Waals surface area (Å²) in [5.74, 6) is 0.969. The van der Waals surface area contributed by atoms with Crippen LogP contribution in [0, 0.1) is 0 Å². The Balaban J connectivity index is 1.15. The average molecular weight is 801 g/mol. The van der Waals surface area contributed by atoms with E-state index in [4.69, 9.17) is 24.9 Å². The topological polar surface area (TPSA) is 56.7 Å². The monoisotopic (exact) mass is 800 g/mol. The smallest absolute Gasteiger partial charge is 0.166 e. The van der Waals surface area contributed by atoms with E-state index < -0.39 is 48.3 Å². The van der Waals surface area contributed by atoms with Gasteiger partial charge in [0.1, 0.15) is 11.2 Å². The van der Waals surface area contributed by atoms with E-state index in [9.17, 15) is 5.48 Å². The van der Waals surface area contributed by atoms with Crippen LogP contribution in [-0.2, 0) is 0 Å². The third kappa shape index (κ3) is 6.14. The summed E-state index contributed by atoms with van der Waals surface area (Å²) in [5, 5.41) is 1.73. The van der Waals surface area contributed by atoms with Gasteiger partial charge in [-0.1, -0.05) is 170 Å². The van der Waals surface area contributed by atoms with E-state index in [1.807, 2.05) is 152 Å². The van der Waals surface area contributed by atoms with E-state index in [2.05, 4.69) is 18.2 Å². The molecule has 3 heterocycles. The Labute approximate surface area is 369 Å². The van der Waals surface area contributed by atoms with Crippen LogP contribution in [0.15, 0.2) is 223 Å². The number of furan rings is 1. The summed E-state index contributed by atoms with van der Waals surface area (Å²) in [5.41, 5.74) is 9.19. The lowest BCUT2D eigenvalue weighted by Gasteiger charge is -2.16. The van der Waals surface area contributed by atoms with Crippen LogP contribution in [-0.4, -0.2) is 19.5 Å². The first-order chi connectivity index (χ1) is 34.0. The molecule has 12 rings (SSSR count). The summed E-state index contributed by atoms with van der Waals surface area (Å²) in [6.45, 7) is 0. The van der Waals surface area contributed by atoms with Crippen LogP contribution in [0.4, 0.5) is 0 Å². The molecule has 5 heteroatoms. The van der Waals surface area contributed by atoms with Gasteiger partial charge >= 0.3 is 0 Å². The zero-order chi connectivity index (χ0) is 47.9. The van der Waals surface area contributed by atoms with Crippen LogP contribution in [0.25, 0.3) is 117 Å². The molecule has 0 amide bonds. The Bertz CT molecular complexity index is 4010. The van der Waals surface area contributed by atoms with Crippen LogP contribution in [0.1, 0.15) is 11.0 Å². The number of hydrogen-bond donors (Lipinski definition) is 0. The minimum Gasteiger partial charge on any atom is -0.456 e. The number of rotatable bonds is 7. The zero-order valence-corrected chi connectivity index (χ0v) is 32.9. The highest BCUT2D eigenvalue weighted by Crippen LogP contribution is 2.40. The molecule has 0 atom stereocenters. The first-order valence-corrected chi connectivity index (χ1v) is 20.2. The number of hydrogen-bond acceptors (Lipinski definition) is 4. The molecule has 0 aliphatic heterocycles. The average Bonchev–Trinajstić information content (AvgIpc) is 3.97. The van der Waals surface area contributed by atoms with Gasteiger partial charge in [-0.15, -0.1) is 0 Å². The van der Waals surface area contributed by atoms with Gasteiger partial charge in [0.15, 0.2) is 17.5 Å². The molecule has 0 radical (unpaired) electrons. The maximum atomic E-state index is 9.41. The Kier molecular flexibility index (Phi) is 6.67. The van der Waals surface area contributed by atoms with Gasteiger partial charge in [-0.25, -0.2) is 15.0 Å². The molecule has 0 aliphatic rings. The number of aromatic nitrogens is 4. The SMILES string of the molecule is [2H]c1c([2H])c([2H])c2c(c1[2H])c1c([2H])c([2H])c([2H])c([2H])c1n2-c1cc(-c2ccc3oc4ccc(-c5ccccc5)cc4c3c2)ccc1-c1nc(-c2ccccc2)nc(-c2ccc(-c3ccccc3)cc2)n1. The second-order valence-corrected chi connectivity index (χ2v) is 15.0. The van der Waals surface area contributed by atoms with Crippen molar-refractivity contribution in [3.8, 4) is 73.2 Å². The second kappa shape index (κ2) is 14.7. The standard InChI is InChI=1S/C57H36N4O/c1-4-14-37(15-5-1)39-24-26-41(27-25-39)56-58-55(40-18-8-3-9-19-40)59-57(60-56)47-31-28-44(36-52(47)61-50-22-12-10-20-45(50)46-21-11-13-23-51(46)61)43-30-33-54-49(35-43)48-34-42(29-32-53(48)62-54)38-16-6-2-7-17-38/h1-36H/i10D,11D,12D,13D,20D,21D,22D,23D. The summed E-state index contributed by atoms with van der Waals surface area (Å²) >= 11 is 0. The van der Waals surface area contributed by atoms with E-state index in [1.165, 1.54) is 4.57 Å². The number of fused-ring (bicyclic) bond motifs is 6. The molecular weight excluding hydrogens is 757 g/mol. The van der Waals surface area contributed by atoms with Crippen molar-refractivity contribution in [2.45, 2.75) is 0 Å². The van der Waals surface area contributed by atoms with Gasteiger partial charge in [0.05, 0.1) is 27.7 Å². The molecular formula is C57H36N4O. The van der Waals surface area contributed by atoms with Crippen molar-refractivity contribution in [3.63, 3.8) is 0 Å². The first-order valence-electron chi connectivity index (χ1n) is 24.2. The minimum absolute atomic E-state index is 0.0230. The van der Waals surface area contributed by atoms with E-state index in [0.29, 0.717) is 34.0 Å². The molecule has 0 unspecified atom stereocenters. The lowest BCUT2D eigenvalue weighted by Crippen LogP contribution is -2.04. The Hall–Kier alpha value is -8.41. The molecule has 0 fully saturated rings. The van der Waals surface area contributed by atoms with Gasteiger partial charge in [0, 0.05) is 38.2 Å². The highest BCUT2D eigenvalue weighted by atomic mass is 16.3. The molecule has 0 spiro atoms. The van der Waals surface area contributed by atoms with Gasteiger partial charge in [-0.05, 0) is 81.9 Å². The summed E-state index contributed by atoms with van der Waals surface area (Å²) in [6.07, 6.45) is 0. The fraction of sp³-hybridized carbons (Fsp3) is 0. The second-order valence-electron chi connectivity index (χ2n) is 15.0. The maximum absolute atomic E-state index is 9.41. The summed E-state index contributed by atoms with van der Waals surface area (Å²) < 4.78 is 80.2. The molecule has 5 nitrogen and oxygen atoms in total. The summed E-state index contributed by atoms with van der Waals surface area (Å²) in [7, 11) is 0. The van der Waals surface area contributed by atoms with Gasteiger partial charge < -0.3 is 8.98 Å². The molecule has 0 aliphatic carbocycles. The van der Waals surface area contributed by atoms with Crippen molar-refractivity contribution < 1.29 is 15.4 Å². The number of benzene rings is 9. The number of para-hydroxylation sites is 2. The quantitative estimate of drug-likeness (QED) is 0.161. The fourth-order valence-electron chi connectivity index (χ4n) is 8.30. The predicted molar refractivity (Wildman–Crippen MR) is 254 cm³/mol. The molecule has 290 valence electrons. The van der Waals surface area contributed by atoms with Crippen molar-refractivity contribution in [3.05, 3.63) is 218 Å². The lowest BCUT2D eigenvalue weighted by molar-refractivity contribution is 0.669. The highest BCUT2D eigenvalue weighted by Gasteiger charge is 2.21. The van der Waals surface area contributed by atoms with E-state index in [1.54, 1.807) is 0 Å². The molecule has 0 N–H and O–H groups in total. The van der Waals surface area contributed by atoms with Crippen LogP contribution in [0.2, 0.25) is 0 Å². The summed E-state index contributed by atoms with van der Waals surface area (Å²) in [6, 6.07) is 51.5. The van der Waals surface area contributed by atoms with Crippen molar-refractivity contribution >= 4 is 43.7 Å². The molecule has 9 aromatic carbocycles. The van der Waals surface area contributed by atoms with Crippen LogP contribution in [0.3, 0.4) is 0 Å². The molecule has 0 bridgehead atoms. The van der Waals surface area contributed by atoms with Gasteiger partial charge in [0.25, 0.3) is 0 Å². The lowest BCUT2D eigenvalue weighted by atomic mass is 9.98. The molecule has 62 heavy (non-hydrogen) atoms. The van der Waals surface area contributed by atoms with E-state index >= 15 is 0 Å². The molecule has 0 saturated heterocycles. The van der Waals surface area contributed by atoms with Crippen LogP contribution in [0.5, 0.6) is 0 Å². The van der Waals surface area contributed by atoms with Crippen LogP contribution < -0.4 is 0 Å². The van der Waals surface area contributed by atoms with Gasteiger partial charge in [-0.3, -0.25) is 0 Å². The Morgan fingerprint density at radius 2 is 0.758 bits per heavy atom. The normalized spacial score (nSPS) is 13.4. The van der Waals surface area contributed by atoms with Gasteiger partial charge in [0.2, 0.25) is 0 Å². The fourth-order valence-corrected chi connectivity index (χ4v) is 8.30. The first kappa shape index (κ1) is 28.1. The van der Waals surface area contributed by atoms with Crippen molar-refractivity contribution in [1.82, 2.24) is 19.5 Å².